The number of carboxylic acid groups (broad SMARTS) is 1. The van der Waals surface area contributed by atoms with Crippen LogP contribution in [0.2, 0.25) is 0 Å². The molecule has 1 saturated carbocycles. The maximum Gasteiger partial charge on any atom is 0.573 e. The fourth-order valence-electron chi connectivity index (χ4n) is 6.54. The topological polar surface area (TPSA) is 142 Å². The number of amides is 4. The number of aliphatic carboxylic acids is 1. The van der Waals surface area contributed by atoms with Crippen LogP contribution in [0, 0.1) is 17.8 Å². The number of hydrogen-bond donors (Lipinski definition) is 2. The number of halogens is 5. The zero-order valence-corrected chi connectivity index (χ0v) is 22.1. The third-order valence-corrected chi connectivity index (χ3v) is 9.61. The van der Waals surface area contributed by atoms with Gasteiger partial charge in [-0.15, -0.1) is 36.4 Å². The molecule has 0 bridgehead atoms. The van der Waals surface area contributed by atoms with Crippen molar-refractivity contribution >= 4 is 52.8 Å². The van der Waals surface area contributed by atoms with Crippen molar-refractivity contribution in [3.05, 3.63) is 35.4 Å². The van der Waals surface area contributed by atoms with Crippen LogP contribution in [0.3, 0.4) is 0 Å². The molecule has 4 aliphatic rings. The van der Waals surface area contributed by atoms with E-state index < -0.39 is 87.3 Å². The monoisotopic (exact) mass is 604 g/mol. The van der Waals surface area contributed by atoms with E-state index in [2.05, 4.69) is 4.74 Å². The molecule has 0 radical (unpaired) electrons. The predicted octanol–water partition coefficient (Wildman–Crippen LogP) is 2.75. The van der Waals surface area contributed by atoms with E-state index in [9.17, 15) is 42.3 Å². The Kier molecular flexibility index (Phi) is 6.42. The summed E-state index contributed by atoms with van der Waals surface area (Å²) >= 11 is 13.8. The molecule has 10 nitrogen and oxygen atoms in total. The number of hydrogen-bond acceptors (Lipinski definition) is 7. The van der Waals surface area contributed by atoms with Crippen LogP contribution in [0.4, 0.5) is 13.2 Å². The van der Waals surface area contributed by atoms with Gasteiger partial charge in [0, 0.05) is 25.1 Å². The van der Waals surface area contributed by atoms with Gasteiger partial charge in [0.1, 0.15) is 11.5 Å². The normalized spacial score (nSPS) is 33.5. The largest absolute Gasteiger partial charge is 0.573 e. The van der Waals surface area contributed by atoms with Gasteiger partial charge in [-0.1, -0.05) is 11.6 Å². The Bertz CT molecular complexity index is 1400. The van der Waals surface area contributed by atoms with Gasteiger partial charge in [0.2, 0.25) is 11.8 Å². The van der Waals surface area contributed by atoms with Crippen molar-refractivity contribution in [3.63, 3.8) is 0 Å². The van der Waals surface area contributed by atoms with Crippen LogP contribution in [0.15, 0.2) is 29.8 Å². The summed E-state index contributed by atoms with van der Waals surface area (Å²) in [6.07, 6.45) is -4.48. The highest BCUT2D eigenvalue weighted by atomic mass is 35.5. The van der Waals surface area contributed by atoms with Gasteiger partial charge in [-0.05, 0) is 37.0 Å². The lowest BCUT2D eigenvalue weighted by Gasteiger charge is -2.50. The number of imide groups is 2. The molecule has 2 aliphatic heterocycles. The standard InChI is InChI=1S/C25H21Cl2F3N2O8/c1-31-21(38)23(26)9-14-11(3-4-12-17(14)20(37)32(19(12)36)7-6-16(34)35)18(24(23,27)22(31)39)13-8-10(2-5-15(13)33)40-25(28,29)30/h2-3,5,8,12,14,17-18,33H,4,6-7,9H2,1H3,(H,34,35)/t12-,14+,17-,18+,23+,24-/m0/s1. The van der Waals surface area contributed by atoms with E-state index in [1.807, 2.05) is 0 Å². The summed E-state index contributed by atoms with van der Waals surface area (Å²) in [5, 5.41) is 19.8. The van der Waals surface area contributed by atoms with E-state index >= 15 is 0 Å². The zero-order valence-electron chi connectivity index (χ0n) is 20.6. The third-order valence-electron chi connectivity index (χ3n) is 8.20. The van der Waals surface area contributed by atoms with E-state index in [1.165, 1.54) is 6.08 Å². The number of phenols is 1. The molecule has 214 valence electrons. The fourth-order valence-corrected chi connectivity index (χ4v) is 7.55. The Balaban J connectivity index is 1.68. The average Bonchev–Trinajstić information content (AvgIpc) is 3.18. The number of likely N-dealkylation sites (tertiary alicyclic amines) is 2. The molecule has 3 fully saturated rings. The maximum atomic E-state index is 13.5. The molecular weight excluding hydrogens is 584 g/mol. The molecule has 4 amide bonds. The van der Waals surface area contributed by atoms with Crippen molar-refractivity contribution in [2.75, 3.05) is 13.6 Å². The van der Waals surface area contributed by atoms with Crippen LogP contribution in [0.1, 0.15) is 30.7 Å². The molecule has 2 N–H and O–H groups in total. The highest BCUT2D eigenvalue weighted by Crippen LogP contribution is 2.66. The lowest BCUT2D eigenvalue weighted by atomic mass is 9.56. The summed E-state index contributed by atoms with van der Waals surface area (Å²) in [5.74, 6) is -10.2. The molecule has 5 rings (SSSR count). The first-order valence-corrected chi connectivity index (χ1v) is 12.8. The lowest BCUT2D eigenvalue weighted by Crippen LogP contribution is -2.60. The molecule has 1 aromatic rings. The van der Waals surface area contributed by atoms with Gasteiger partial charge in [-0.3, -0.25) is 33.8 Å². The molecule has 0 aromatic heterocycles. The molecule has 2 aliphatic carbocycles. The molecule has 40 heavy (non-hydrogen) atoms. The van der Waals surface area contributed by atoms with Crippen LogP contribution in [-0.4, -0.2) is 79.3 Å². The number of benzene rings is 1. The van der Waals surface area contributed by atoms with Crippen LogP contribution in [-0.2, 0) is 24.0 Å². The molecule has 6 atom stereocenters. The highest BCUT2D eigenvalue weighted by Gasteiger charge is 2.76. The predicted molar refractivity (Wildman–Crippen MR) is 129 cm³/mol. The molecule has 2 heterocycles. The number of fused-ring (bicyclic) bond motifs is 4. The van der Waals surface area contributed by atoms with Gasteiger partial charge in [0.25, 0.3) is 11.8 Å². The van der Waals surface area contributed by atoms with Crippen LogP contribution >= 0.6 is 23.2 Å². The van der Waals surface area contributed by atoms with E-state index in [1.54, 1.807) is 0 Å². The quantitative estimate of drug-likeness (QED) is 0.297. The van der Waals surface area contributed by atoms with Crippen molar-refractivity contribution < 1.29 is 52.1 Å². The van der Waals surface area contributed by atoms with E-state index in [-0.39, 0.29) is 30.5 Å². The number of alkyl halides is 5. The lowest BCUT2D eigenvalue weighted by molar-refractivity contribution is -0.274. The summed E-state index contributed by atoms with van der Waals surface area (Å²) in [7, 11) is 1.13. The second kappa shape index (κ2) is 9.10. The molecule has 1 aromatic carbocycles. The number of carboxylic acids is 1. The van der Waals surface area contributed by atoms with Crippen LogP contribution < -0.4 is 4.74 Å². The highest BCUT2D eigenvalue weighted by molar-refractivity contribution is 6.53. The number of carbonyl (C=O) groups is 5. The maximum absolute atomic E-state index is 13.5. The van der Waals surface area contributed by atoms with Gasteiger partial charge in [-0.2, -0.15) is 0 Å². The Labute approximate surface area is 234 Å². The Morgan fingerprint density at radius 2 is 1.80 bits per heavy atom. The number of allylic oxidation sites excluding steroid dienone is 2. The van der Waals surface area contributed by atoms with Crippen molar-refractivity contribution in [2.24, 2.45) is 17.8 Å². The number of carbonyl (C=O) groups excluding carboxylic acids is 4. The van der Waals surface area contributed by atoms with Gasteiger partial charge >= 0.3 is 12.3 Å². The second-order valence-electron chi connectivity index (χ2n) is 10.2. The van der Waals surface area contributed by atoms with E-state index in [4.69, 9.17) is 28.3 Å². The Morgan fingerprint density at radius 3 is 2.42 bits per heavy atom. The van der Waals surface area contributed by atoms with Crippen molar-refractivity contribution in [3.8, 4) is 11.5 Å². The van der Waals surface area contributed by atoms with Gasteiger partial charge in [0.15, 0.2) is 9.75 Å². The Hall–Kier alpha value is -3.32. The van der Waals surface area contributed by atoms with Gasteiger partial charge in [0.05, 0.1) is 18.3 Å². The number of nitrogens with zero attached hydrogens (tertiary/aromatic N) is 2. The van der Waals surface area contributed by atoms with Gasteiger partial charge in [-0.25, -0.2) is 0 Å². The average molecular weight is 605 g/mol. The first-order valence-electron chi connectivity index (χ1n) is 12.1. The SMILES string of the molecule is CN1C(=O)[C@]2(Cl)C[C@@H]3C(=CC[C@@H]4C(=O)N(CCC(=O)O)C(=O)[C@@H]43)[C@H](c3cc(OC(F)(F)F)ccc3O)[C@]2(Cl)C1=O. The van der Waals surface area contributed by atoms with Crippen molar-refractivity contribution in [2.45, 2.75) is 41.3 Å². The molecule has 15 heteroatoms. The minimum absolute atomic E-state index is 0.0408. The first-order chi connectivity index (χ1) is 18.5. The summed E-state index contributed by atoms with van der Waals surface area (Å²) in [6, 6.07) is 2.59. The summed E-state index contributed by atoms with van der Waals surface area (Å²) < 4.78 is 43.1. The fraction of sp³-hybridized carbons (Fsp3) is 0.480. The first kappa shape index (κ1) is 28.2. The summed E-state index contributed by atoms with van der Waals surface area (Å²) in [6.45, 7) is -0.380. The smallest absolute Gasteiger partial charge is 0.508 e. The molecule has 2 saturated heterocycles. The summed E-state index contributed by atoms with van der Waals surface area (Å²) in [5.41, 5.74) is -0.0585. The number of rotatable bonds is 5. The molecule has 0 spiro atoms. The number of phenolic OH excluding ortho intramolecular Hbond substituents is 1. The van der Waals surface area contributed by atoms with E-state index in [0.717, 1.165) is 30.1 Å². The number of aromatic hydroxyl groups is 1. The van der Waals surface area contributed by atoms with E-state index in [0.29, 0.717) is 4.90 Å². The Morgan fingerprint density at radius 1 is 1.12 bits per heavy atom. The molecular formula is C25H21Cl2F3N2O8. The van der Waals surface area contributed by atoms with Crippen LogP contribution in [0.25, 0.3) is 0 Å². The second-order valence-corrected chi connectivity index (χ2v) is 11.5. The van der Waals surface area contributed by atoms with Gasteiger partial charge < -0.3 is 14.9 Å². The minimum Gasteiger partial charge on any atom is -0.508 e. The molecule has 0 unspecified atom stereocenters. The number of ether oxygens (including phenoxy) is 1. The van der Waals surface area contributed by atoms with Crippen molar-refractivity contribution in [1.29, 1.82) is 0 Å². The van der Waals surface area contributed by atoms with Crippen LogP contribution in [0.5, 0.6) is 11.5 Å². The zero-order chi connectivity index (χ0) is 29.5. The minimum atomic E-state index is -5.09. The third kappa shape index (κ3) is 3.88. The van der Waals surface area contributed by atoms with Crippen molar-refractivity contribution in [1.82, 2.24) is 9.80 Å². The summed E-state index contributed by atoms with van der Waals surface area (Å²) in [4.78, 5) is 61.5.